The lowest BCUT2D eigenvalue weighted by Crippen LogP contribution is -2.24. The summed E-state index contributed by atoms with van der Waals surface area (Å²) in [6, 6.07) is 7.92. The molecule has 25 heavy (non-hydrogen) atoms. The van der Waals surface area contributed by atoms with Gasteiger partial charge >= 0.3 is 0 Å². The van der Waals surface area contributed by atoms with Crippen LogP contribution in [0.2, 0.25) is 0 Å². The third-order valence-corrected chi connectivity index (χ3v) is 4.16. The molecule has 0 saturated carbocycles. The number of nitrogens with zero attached hydrogens (tertiary/aromatic N) is 2. The van der Waals surface area contributed by atoms with E-state index in [9.17, 15) is 4.79 Å². The normalized spacial score (nSPS) is 10.5. The van der Waals surface area contributed by atoms with Crippen molar-refractivity contribution in [3.63, 3.8) is 0 Å². The van der Waals surface area contributed by atoms with Gasteiger partial charge in [-0.3, -0.25) is 9.78 Å². The molecular formula is C19H21N5O. The minimum Gasteiger partial charge on any atom is -0.388 e. The fraction of sp³-hybridized carbons (Fsp3) is 0.211. The number of imidazole rings is 1. The van der Waals surface area contributed by atoms with Gasteiger partial charge < -0.3 is 15.6 Å². The number of rotatable bonds is 5. The Labute approximate surface area is 146 Å². The summed E-state index contributed by atoms with van der Waals surface area (Å²) in [5.41, 5.74) is 6.22. The SMILES string of the molecule is CNc1cc(-c2ccc(C)nc2)cc(C(=O)NCc2cnc[nH]2)c1C. The number of anilines is 1. The van der Waals surface area contributed by atoms with Crippen LogP contribution in [0.1, 0.15) is 27.3 Å². The zero-order valence-electron chi connectivity index (χ0n) is 14.6. The number of aromatic amines is 1. The first-order valence-corrected chi connectivity index (χ1v) is 8.09. The zero-order chi connectivity index (χ0) is 17.8. The zero-order valence-corrected chi connectivity index (χ0v) is 14.6. The fourth-order valence-corrected chi connectivity index (χ4v) is 2.67. The van der Waals surface area contributed by atoms with E-state index in [-0.39, 0.29) is 5.91 Å². The molecule has 128 valence electrons. The van der Waals surface area contributed by atoms with Crippen molar-refractivity contribution in [2.24, 2.45) is 0 Å². The number of H-pyrrole nitrogens is 1. The van der Waals surface area contributed by atoms with Crippen LogP contribution in [-0.4, -0.2) is 27.9 Å². The third kappa shape index (κ3) is 3.68. The van der Waals surface area contributed by atoms with Crippen molar-refractivity contribution in [1.29, 1.82) is 0 Å². The summed E-state index contributed by atoms with van der Waals surface area (Å²) >= 11 is 0. The van der Waals surface area contributed by atoms with Crippen molar-refractivity contribution < 1.29 is 4.79 Å². The molecule has 6 heteroatoms. The fourth-order valence-electron chi connectivity index (χ4n) is 2.67. The van der Waals surface area contributed by atoms with E-state index in [2.05, 4.69) is 25.6 Å². The number of amides is 1. The molecule has 1 amide bonds. The second kappa shape index (κ2) is 7.17. The molecule has 0 bridgehead atoms. The first kappa shape index (κ1) is 16.7. The number of hydrogen-bond donors (Lipinski definition) is 3. The molecule has 0 aliphatic rings. The van der Waals surface area contributed by atoms with Crippen molar-refractivity contribution in [1.82, 2.24) is 20.3 Å². The van der Waals surface area contributed by atoms with Crippen LogP contribution in [-0.2, 0) is 6.54 Å². The molecule has 0 unspecified atom stereocenters. The molecule has 3 aromatic rings. The van der Waals surface area contributed by atoms with Gasteiger partial charge in [-0.25, -0.2) is 4.98 Å². The molecule has 3 N–H and O–H groups in total. The van der Waals surface area contributed by atoms with Gasteiger partial charge in [-0.15, -0.1) is 0 Å². The van der Waals surface area contributed by atoms with E-state index in [1.54, 1.807) is 12.5 Å². The predicted molar refractivity (Wildman–Crippen MR) is 98.5 cm³/mol. The molecule has 2 heterocycles. The molecule has 2 aromatic heterocycles. The molecule has 0 saturated heterocycles. The Kier molecular flexibility index (Phi) is 4.79. The highest BCUT2D eigenvalue weighted by molar-refractivity contribution is 5.98. The van der Waals surface area contributed by atoms with Crippen LogP contribution in [0, 0.1) is 13.8 Å². The lowest BCUT2D eigenvalue weighted by Gasteiger charge is -2.14. The van der Waals surface area contributed by atoms with E-state index >= 15 is 0 Å². The Morgan fingerprint density at radius 3 is 2.64 bits per heavy atom. The molecule has 6 nitrogen and oxygen atoms in total. The Balaban J connectivity index is 1.92. The van der Waals surface area contributed by atoms with Gasteiger partial charge in [0.25, 0.3) is 5.91 Å². The number of aryl methyl sites for hydroxylation is 1. The van der Waals surface area contributed by atoms with E-state index < -0.39 is 0 Å². The smallest absolute Gasteiger partial charge is 0.251 e. The van der Waals surface area contributed by atoms with Crippen molar-refractivity contribution in [2.45, 2.75) is 20.4 Å². The van der Waals surface area contributed by atoms with Gasteiger partial charge in [-0.1, -0.05) is 6.07 Å². The molecule has 0 radical (unpaired) electrons. The highest BCUT2D eigenvalue weighted by atomic mass is 16.1. The largest absolute Gasteiger partial charge is 0.388 e. The lowest BCUT2D eigenvalue weighted by molar-refractivity contribution is 0.0950. The number of pyridine rings is 1. The van der Waals surface area contributed by atoms with Gasteiger partial charge in [0, 0.05) is 41.9 Å². The molecule has 0 fully saturated rings. The summed E-state index contributed by atoms with van der Waals surface area (Å²) in [6.07, 6.45) is 5.11. The summed E-state index contributed by atoms with van der Waals surface area (Å²) < 4.78 is 0. The third-order valence-electron chi connectivity index (χ3n) is 4.16. The minimum atomic E-state index is -0.120. The standard InChI is InChI=1S/C19H21N5O/c1-12-4-5-14(8-22-12)15-6-17(13(2)18(7-15)20-3)19(25)23-10-16-9-21-11-24-16/h4-9,11,20H,10H2,1-3H3,(H,21,24)(H,23,25). The lowest BCUT2D eigenvalue weighted by atomic mass is 9.98. The van der Waals surface area contributed by atoms with Gasteiger partial charge in [0.1, 0.15) is 0 Å². The Morgan fingerprint density at radius 2 is 2.00 bits per heavy atom. The Morgan fingerprint density at radius 1 is 1.16 bits per heavy atom. The van der Waals surface area contributed by atoms with Crippen molar-refractivity contribution >= 4 is 11.6 Å². The maximum Gasteiger partial charge on any atom is 0.251 e. The monoisotopic (exact) mass is 335 g/mol. The van der Waals surface area contributed by atoms with E-state index in [1.807, 2.05) is 51.4 Å². The summed E-state index contributed by atoms with van der Waals surface area (Å²) in [6.45, 7) is 4.30. The van der Waals surface area contributed by atoms with Crippen LogP contribution in [0.3, 0.4) is 0 Å². The van der Waals surface area contributed by atoms with E-state index in [0.29, 0.717) is 12.1 Å². The quantitative estimate of drug-likeness (QED) is 0.669. The molecule has 0 atom stereocenters. The van der Waals surface area contributed by atoms with Gasteiger partial charge in [0.2, 0.25) is 0 Å². The van der Waals surface area contributed by atoms with E-state index in [4.69, 9.17) is 0 Å². The number of carbonyl (C=O) groups excluding carboxylic acids is 1. The maximum absolute atomic E-state index is 12.7. The average molecular weight is 335 g/mol. The number of aromatic nitrogens is 3. The molecule has 0 aliphatic carbocycles. The second-order valence-electron chi connectivity index (χ2n) is 5.89. The first-order chi connectivity index (χ1) is 12.1. The highest BCUT2D eigenvalue weighted by Crippen LogP contribution is 2.28. The van der Waals surface area contributed by atoms with Gasteiger partial charge in [-0.05, 0) is 43.2 Å². The average Bonchev–Trinajstić information content (AvgIpc) is 3.14. The van der Waals surface area contributed by atoms with Gasteiger partial charge in [0.15, 0.2) is 0 Å². The molecule has 0 aliphatic heterocycles. The maximum atomic E-state index is 12.7. The molecular weight excluding hydrogens is 314 g/mol. The topological polar surface area (TPSA) is 82.7 Å². The van der Waals surface area contributed by atoms with E-state index in [1.165, 1.54) is 0 Å². The first-order valence-electron chi connectivity index (χ1n) is 8.09. The number of hydrogen-bond acceptors (Lipinski definition) is 4. The van der Waals surface area contributed by atoms with Crippen LogP contribution in [0.5, 0.6) is 0 Å². The predicted octanol–water partition coefficient (Wildman–Crippen LogP) is 3.06. The van der Waals surface area contributed by atoms with Crippen LogP contribution in [0.15, 0.2) is 43.0 Å². The van der Waals surface area contributed by atoms with Crippen molar-refractivity contribution in [3.05, 3.63) is 65.5 Å². The summed E-state index contributed by atoms with van der Waals surface area (Å²) in [5, 5.41) is 6.09. The minimum absolute atomic E-state index is 0.120. The summed E-state index contributed by atoms with van der Waals surface area (Å²) in [4.78, 5) is 24.0. The Bertz CT molecular complexity index is 870. The van der Waals surface area contributed by atoms with Crippen LogP contribution >= 0.6 is 0 Å². The van der Waals surface area contributed by atoms with Crippen LogP contribution in [0.25, 0.3) is 11.1 Å². The summed E-state index contributed by atoms with van der Waals surface area (Å²) in [5.74, 6) is -0.120. The number of nitrogens with one attached hydrogen (secondary N) is 3. The van der Waals surface area contributed by atoms with Crippen molar-refractivity contribution in [3.8, 4) is 11.1 Å². The molecule has 3 rings (SSSR count). The van der Waals surface area contributed by atoms with Crippen LogP contribution < -0.4 is 10.6 Å². The number of carbonyl (C=O) groups is 1. The van der Waals surface area contributed by atoms with Crippen molar-refractivity contribution in [2.75, 3.05) is 12.4 Å². The second-order valence-corrected chi connectivity index (χ2v) is 5.89. The van der Waals surface area contributed by atoms with Gasteiger partial charge in [0.05, 0.1) is 18.6 Å². The highest BCUT2D eigenvalue weighted by Gasteiger charge is 2.14. The summed E-state index contributed by atoms with van der Waals surface area (Å²) in [7, 11) is 1.85. The van der Waals surface area contributed by atoms with E-state index in [0.717, 1.165) is 33.8 Å². The number of benzene rings is 1. The van der Waals surface area contributed by atoms with Crippen LogP contribution in [0.4, 0.5) is 5.69 Å². The van der Waals surface area contributed by atoms with Gasteiger partial charge in [-0.2, -0.15) is 0 Å². The molecule has 1 aromatic carbocycles. The molecule has 0 spiro atoms. The Hall–Kier alpha value is -3.15.